The normalized spacial score (nSPS) is 15.9. The number of nitrogens with zero attached hydrogens (tertiary/aromatic N) is 3. The average molecular weight is 425 g/mol. The molecule has 1 aliphatic heterocycles. The third-order valence-corrected chi connectivity index (χ3v) is 4.81. The highest BCUT2D eigenvalue weighted by Gasteiger charge is 2.36. The molecular weight excluding hydrogens is 408 g/mol. The van der Waals surface area contributed by atoms with Crippen molar-refractivity contribution in [2.45, 2.75) is 13.0 Å². The van der Waals surface area contributed by atoms with Crippen molar-refractivity contribution in [1.29, 1.82) is 0 Å². The summed E-state index contributed by atoms with van der Waals surface area (Å²) >= 11 is 3.51. The van der Waals surface area contributed by atoms with E-state index in [1.807, 2.05) is 54.6 Å². The second kappa shape index (κ2) is 7.36. The minimum Gasteiger partial charge on any atom is -0.463 e. The highest BCUT2D eigenvalue weighted by Crippen LogP contribution is 2.39. The molecule has 0 radical (unpaired) electrons. The van der Waals surface area contributed by atoms with E-state index >= 15 is 0 Å². The molecule has 0 bridgehead atoms. The van der Waals surface area contributed by atoms with Gasteiger partial charge in [0.1, 0.15) is 12.4 Å². The molecule has 0 spiro atoms. The average Bonchev–Trinajstić information content (AvgIpc) is 3.15. The molecule has 0 amide bonds. The molecule has 2 aromatic carbocycles. The fourth-order valence-electron chi connectivity index (χ4n) is 3.21. The van der Waals surface area contributed by atoms with Crippen molar-refractivity contribution in [3.05, 3.63) is 82.1 Å². The summed E-state index contributed by atoms with van der Waals surface area (Å²) in [5.74, 6) is 0.196. The molecule has 136 valence electrons. The lowest BCUT2D eigenvalue weighted by atomic mass is 9.93. The zero-order valence-corrected chi connectivity index (χ0v) is 16.2. The summed E-state index contributed by atoms with van der Waals surface area (Å²) in [6.07, 6.45) is 1.48. The van der Waals surface area contributed by atoms with Crippen LogP contribution < -0.4 is 5.32 Å². The van der Waals surface area contributed by atoms with Crippen molar-refractivity contribution in [2.24, 2.45) is 0 Å². The molecule has 1 atom stereocenters. The van der Waals surface area contributed by atoms with E-state index in [1.54, 1.807) is 11.6 Å². The van der Waals surface area contributed by atoms with Crippen LogP contribution in [0.25, 0.3) is 5.70 Å². The molecule has 1 N–H and O–H groups in total. The SMILES string of the molecule is CCOC(=O)C1=C(c2ccccc2)Nc2ncnn2[C@H]1c1cccc(Br)c1. The van der Waals surface area contributed by atoms with Crippen LogP contribution in [0.5, 0.6) is 0 Å². The zero-order chi connectivity index (χ0) is 18.8. The van der Waals surface area contributed by atoms with Crippen molar-refractivity contribution in [3.8, 4) is 0 Å². The first-order chi connectivity index (χ1) is 13.2. The number of nitrogens with one attached hydrogen (secondary N) is 1. The van der Waals surface area contributed by atoms with Crippen LogP contribution >= 0.6 is 15.9 Å². The molecule has 0 saturated heterocycles. The number of esters is 1. The van der Waals surface area contributed by atoms with E-state index in [-0.39, 0.29) is 5.97 Å². The van der Waals surface area contributed by atoms with Gasteiger partial charge in [-0.05, 0) is 30.2 Å². The highest BCUT2D eigenvalue weighted by molar-refractivity contribution is 9.10. The maximum Gasteiger partial charge on any atom is 0.338 e. The first-order valence-electron chi connectivity index (χ1n) is 8.57. The number of hydrogen-bond donors (Lipinski definition) is 1. The Bertz CT molecular complexity index is 1010. The van der Waals surface area contributed by atoms with Crippen molar-refractivity contribution in [2.75, 3.05) is 11.9 Å². The topological polar surface area (TPSA) is 69.0 Å². The largest absolute Gasteiger partial charge is 0.463 e. The predicted octanol–water partition coefficient (Wildman–Crippen LogP) is 4.03. The Kier molecular flexibility index (Phi) is 4.77. The molecule has 7 heteroatoms. The number of carbonyl (C=O) groups excluding carboxylic acids is 1. The van der Waals surface area contributed by atoms with E-state index in [1.165, 1.54) is 6.33 Å². The molecule has 3 aromatic rings. The van der Waals surface area contributed by atoms with Gasteiger partial charge in [-0.1, -0.05) is 58.4 Å². The van der Waals surface area contributed by atoms with Gasteiger partial charge in [0.2, 0.25) is 5.95 Å². The minimum absolute atomic E-state index is 0.291. The van der Waals surface area contributed by atoms with Crippen LogP contribution in [0.4, 0.5) is 5.95 Å². The van der Waals surface area contributed by atoms with E-state index in [2.05, 4.69) is 31.3 Å². The van der Waals surface area contributed by atoms with E-state index in [4.69, 9.17) is 4.74 Å². The predicted molar refractivity (Wildman–Crippen MR) is 106 cm³/mol. The van der Waals surface area contributed by atoms with Crippen LogP contribution in [0.2, 0.25) is 0 Å². The lowest BCUT2D eigenvalue weighted by Gasteiger charge is -2.29. The third kappa shape index (κ3) is 3.26. The summed E-state index contributed by atoms with van der Waals surface area (Å²) in [5.41, 5.74) is 2.97. The second-order valence-corrected chi connectivity index (χ2v) is 6.90. The molecule has 0 saturated carbocycles. The molecule has 2 heterocycles. The molecule has 27 heavy (non-hydrogen) atoms. The van der Waals surface area contributed by atoms with Gasteiger partial charge in [0.15, 0.2) is 0 Å². The highest BCUT2D eigenvalue weighted by atomic mass is 79.9. The lowest BCUT2D eigenvalue weighted by Crippen LogP contribution is -2.30. The van der Waals surface area contributed by atoms with Crippen LogP contribution in [0, 0.1) is 0 Å². The summed E-state index contributed by atoms with van der Waals surface area (Å²) in [5, 5.41) is 7.60. The quantitative estimate of drug-likeness (QED) is 0.640. The van der Waals surface area contributed by atoms with Crippen molar-refractivity contribution < 1.29 is 9.53 Å². The molecule has 1 aromatic heterocycles. The van der Waals surface area contributed by atoms with E-state index in [0.29, 0.717) is 23.8 Å². The maximum atomic E-state index is 13.0. The number of halogens is 1. The lowest BCUT2D eigenvalue weighted by molar-refractivity contribution is -0.138. The Morgan fingerprint density at radius 1 is 1.22 bits per heavy atom. The van der Waals surface area contributed by atoms with Gasteiger partial charge in [-0.15, -0.1) is 0 Å². The van der Waals surface area contributed by atoms with Gasteiger partial charge >= 0.3 is 5.97 Å². The first kappa shape index (κ1) is 17.5. The number of benzene rings is 2. The van der Waals surface area contributed by atoms with Crippen molar-refractivity contribution in [1.82, 2.24) is 14.8 Å². The number of fused-ring (bicyclic) bond motifs is 1. The van der Waals surface area contributed by atoms with Crippen molar-refractivity contribution >= 4 is 33.5 Å². The maximum absolute atomic E-state index is 13.0. The first-order valence-corrected chi connectivity index (χ1v) is 9.37. The summed E-state index contributed by atoms with van der Waals surface area (Å²) < 4.78 is 8.03. The van der Waals surface area contributed by atoms with Gasteiger partial charge in [-0.25, -0.2) is 9.48 Å². The zero-order valence-electron chi connectivity index (χ0n) is 14.6. The van der Waals surface area contributed by atoms with E-state index < -0.39 is 6.04 Å². The Morgan fingerprint density at radius 3 is 2.78 bits per heavy atom. The Balaban J connectivity index is 1.97. The van der Waals surface area contributed by atoms with Gasteiger partial charge in [-0.2, -0.15) is 10.1 Å². The van der Waals surface area contributed by atoms with E-state index in [9.17, 15) is 4.79 Å². The smallest absolute Gasteiger partial charge is 0.338 e. The number of aromatic nitrogens is 3. The number of ether oxygens (including phenoxy) is 1. The molecule has 0 unspecified atom stereocenters. The number of hydrogen-bond acceptors (Lipinski definition) is 5. The standard InChI is InChI=1S/C20H17BrN4O2/c1-2-27-19(26)16-17(13-7-4-3-5-8-13)24-20-22-12-23-25(20)18(16)14-9-6-10-15(21)11-14/h3-12,18H,2H2,1H3,(H,22,23,24)/t18-/m0/s1. The van der Waals surface area contributed by atoms with Crippen LogP contribution in [0.15, 0.2) is 71.0 Å². The summed E-state index contributed by atoms with van der Waals surface area (Å²) in [6.45, 7) is 2.09. The van der Waals surface area contributed by atoms with Gasteiger partial charge in [0, 0.05) is 4.47 Å². The van der Waals surface area contributed by atoms with Crippen LogP contribution in [-0.4, -0.2) is 27.3 Å². The fourth-order valence-corrected chi connectivity index (χ4v) is 3.62. The third-order valence-electron chi connectivity index (χ3n) is 4.32. The molecule has 0 aliphatic carbocycles. The van der Waals surface area contributed by atoms with Crippen molar-refractivity contribution in [3.63, 3.8) is 0 Å². The summed E-state index contributed by atoms with van der Waals surface area (Å²) in [4.78, 5) is 17.3. The monoisotopic (exact) mass is 424 g/mol. The Labute approximate surface area is 165 Å². The molecule has 0 fully saturated rings. The van der Waals surface area contributed by atoms with E-state index in [0.717, 1.165) is 15.6 Å². The fraction of sp³-hybridized carbons (Fsp3) is 0.150. The van der Waals surface area contributed by atoms with Crippen LogP contribution in [0.1, 0.15) is 24.1 Å². The Hall–Kier alpha value is -2.93. The molecule has 4 rings (SSSR count). The number of carbonyl (C=O) groups is 1. The van der Waals surface area contributed by atoms with Crippen LogP contribution in [0.3, 0.4) is 0 Å². The Morgan fingerprint density at radius 2 is 2.04 bits per heavy atom. The van der Waals surface area contributed by atoms with Gasteiger partial charge < -0.3 is 10.1 Å². The molecular formula is C20H17BrN4O2. The number of anilines is 1. The van der Waals surface area contributed by atoms with Gasteiger partial charge in [0.05, 0.1) is 17.9 Å². The second-order valence-electron chi connectivity index (χ2n) is 5.99. The van der Waals surface area contributed by atoms with Gasteiger partial charge in [-0.3, -0.25) is 0 Å². The summed E-state index contributed by atoms with van der Waals surface area (Å²) in [6, 6.07) is 17.1. The van der Waals surface area contributed by atoms with Crippen LogP contribution in [-0.2, 0) is 9.53 Å². The number of rotatable bonds is 4. The summed E-state index contributed by atoms with van der Waals surface area (Å²) in [7, 11) is 0. The molecule has 6 nitrogen and oxygen atoms in total. The van der Waals surface area contributed by atoms with Gasteiger partial charge in [0.25, 0.3) is 0 Å². The molecule has 1 aliphatic rings. The minimum atomic E-state index is -0.449.